The SMILES string of the molecule is CN1CCN(Cc2cccc(Oc3ccccc3)c2)CC1CCO. The zero-order valence-corrected chi connectivity index (χ0v) is 14.3. The van der Waals surface area contributed by atoms with Crippen molar-refractivity contribution in [2.45, 2.75) is 19.0 Å². The van der Waals surface area contributed by atoms with Gasteiger partial charge in [0.25, 0.3) is 0 Å². The van der Waals surface area contributed by atoms with Gasteiger partial charge in [-0.25, -0.2) is 0 Å². The third-order valence-electron chi connectivity index (χ3n) is 4.61. The molecule has 1 aliphatic rings. The number of piperazine rings is 1. The lowest BCUT2D eigenvalue weighted by atomic mass is 10.1. The second-order valence-electron chi connectivity index (χ2n) is 6.44. The van der Waals surface area contributed by atoms with Gasteiger partial charge in [0.15, 0.2) is 0 Å². The van der Waals surface area contributed by atoms with Crippen LogP contribution in [-0.4, -0.2) is 54.2 Å². The molecule has 1 unspecified atom stereocenters. The fourth-order valence-electron chi connectivity index (χ4n) is 3.20. The summed E-state index contributed by atoms with van der Waals surface area (Å²) in [5.41, 5.74) is 1.26. The highest BCUT2D eigenvalue weighted by Gasteiger charge is 2.23. The predicted octanol–water partition coefficient (Wildman–Crippen LogP) is 2.98. The normalized spacial score (nSPS) is 19.3. The number of nitrogens with zero attached hydrogens (tertiary/aromatic N) is 2. The molecule has 1 fully saturated rings. The number of benzene rings is 2. The van der Waals surface area contributed by atoms with Crippen molar-refractivity contribution in [2.24, 2.45) is 0 Å². The molecule has 128 valence electrons. The molecule has 3 rings (SSSR count). The molecule has 0 aromatic heterocycles. The van der Waals surface area contributed by atoms with Gasteiger partial charge in [0.1, 0.15) is 11.5 Å². The van der Waals surface area contributed by atoms with Crippen molar-refractivity contribution < 1.29 is 9.84 Å². The highest BCUT2D eigenvalue weighted by Crippen LogP contribution is 2.23. The Kier molecular flexibility index (Phi) is 5.86. The van der Waals surface area contributed by atoms with Crippen molar-refractivity contribution in [3.63, 3.8) is 0 Å². The Morgan fingerprint density at radius 3 is 2.62 bits per heavy atom. The lowest BCUT2D eigenvalue weighted by molar-refractivity contribution is 0.0743. The van der Waals surface area contributed by atoms with Crippen LogP contribution in [0.3, 0.4) is 0 Å². The average Bonchev–Trinajstić information content (AvgIpc) is 2.59. The first-order chi connectivity index (χ1) is 11.7. The van der Waals surface area contributed by atoms with E-state index in [4.69, 9.17) is 4.74 Å². The first-order valence-electron chi connectivity index (χ1n) is 8.60. The van der Waals surface area contributed by atoms with E-state index in [-0.39, 0.29) is 6.61 Å². The van der Waals surface area contributed by atoms with Crippen molar-refractivity contribution in [1.29, 1.82) is 0 Å². The van der Waals surface area contributed by atoms with Gasteiger partial charge in [-0.2, -0.15) is 0 Å². The number of likely N-dealkylation sites (N-methyl/N-ethyl adjacent to an activating group) is 1. The zero-order chi connectivity index (χ0) is 16.8. The lowest BCUT2D eigenvalue weighted by Crippen LogP contribution is -2.51. The van der Waals surface area contributed by atoms with E-state index < -0.39 is 0 Å². The van der Waals surface area contributed by atoms with E-state index in [1.165, 1.54) is 5.56 Å². The van der Waals surface area contributed by atoms with Gasteiger partial charge in [0, 0.05) is 38.8 Å². The highest BCUT2D eigenvalue weighted by atomic mass is 16.5. The molecule has 0 spiro atoms. The van der Waals surface area contributed by atoms with Crippen LogP contribution in [0.15, 0.2) is 54.6 Å². The van der Waals surface area contributed by atoms with Crippen molar-refractivity contribution >= 4 is 0 Å². The Hall–Kier alpha value is -1.88. The number of para-hydroxylation sites is 1. The van der Waals surface area contributed by atoms with Crippen molar-refractivity contribution in [3.05, 3.63) is 60.2 Å². The van der Waals surface area contributed by atoms with E-state index in [0.29, 0.717) is 6.04 Å². The second kappa shape index (κ2) is 8.29. The van der Waals surface area contributed by atoms with Gasteiger partial charge >= 0.3 is 0 Å². The number of ether oxygens (including phenoxy) is 1. The maximum Gasteiger partial charge on any atom is 0.127 e. The molecular weight excluding hydrogens is 300 g/mol. The van der Waals surface area contributed by atoms with Crippen molar-refractivity contribution in [3.8, 4) is 11.5 Å². The predicted molar refractivity (Wildman–Crippen MR) is 96.4 cm³/mol. The summed E-state index contributed by atoms with van der Waals surface area (Å²) in [6.45, 7) is 4.28. The largest absolute Gasteiger partial charge is 0.457 e. The Bertz CT molecular complexity index is 633. The lowest BCUT2D eigenvalue weighted by Gasteiger charge is -2.39. The molecule has 0 amide bonds. The van der Waals surface area contributed by atoms with Crippen LogP contribution in [0.4, 0.5) is 0 Å². The molecule has 2 aromatic rings. The molecular formula is C20H26N2O2. The van der Waals surface area contributed by atoms with E-state index >= 15 is 0 Å². The van der Waals surface area contributed by atoms with E-state index in [0.717, 1.165) is 44.1 Å². The number of aliphatic hydroxyl groups is 1. The molecule has 24 heavy (non-hydrogen) atoms. The van der Waals surface area contributed by atoms with E-state index in [1.807, 2.05) is 36.4 Å². The minimum Gasteiger partial charge on any atom is -0.457 e. The van der Waals surface area contributed by atoms with E-state index in [2.05, 4.69) is 35.0 Å². The van der Waals surface area contributed by atoms with Crippen LogP contribution >= 0.6 is 0 Å². The molecule has 4 heteroatoms. The summed E-state index contributed by atoms with van der Waals surface area (Å²) in [5, 5.41) is 9.23. The Labute approximate surface area is 144 Å². The number of hydrogen-bond acceptors (Lipinski definition) is 4. The fraction of sp³-hybridized carbons (Fsp3) is 0.400. The van der Waals surface area contributed by atoms with Crippen LogP contribution in [0.2, 0.25) is 0 Å². The smallest absolute Gasteiger partial charge is 0.127 e. The zero-order valence-electron chi connectivity index (χ0n) is 14.3. The summed E-state index contributed by atoms with van der Waals surface area (Å²) in [4.78, 5) is 4.81. The summed E-state index contributed by atoms with van der Waals surface area (Å²) in [5.74, 6) is 1.73. The molecule has 2 aromatic carbocycles. The van der Waals surface area contributed by atoms with Gasteiger partial charge in [-0.05, 0) is 43.3 Å². The van der Waals surface area contributed by atoms with Gasteiger partial charge in [-0.1, -0.05) is 30.3 Å². The molecule has 0 saturated carbocycles. The third kappa shape index (κ3) is 4.57. The third-order valence-corrected chi connectivity index (χ3v) is 4.61. The van der Waals surface area contributed by atoms with Gasteiger partial charge in [0.05, 0.1) is 0 Å². The first kappa shape index (κ1) is 17.0. The summed E-state index contributed by atoms with van der Waals surface area (Å²) in [6, 6.07) is 18.6. The minimum absolute atomic E-state index is 0.253. The van der Waals surface area contributed by atoms with Crippen LogP contribution < -0.4 is 4.74 Å². The topological polar surface area (TPSA) is 35.9 Å². The molecule has 0 radical (unpaired) electrons. The monoisotopic (exact) mass is 326 g/mol. The van der Waals surface area contributed by atoms with Gasteiger partial charge in [-0.15, -0.1) is 0 Å². The number of hydrogen-bond donors (Lipinski definition) is 1. The molecule has 1 atom stereocenters. The second-order valence-corrected chi connectivity index (χ2v) is 6.44. The Morgan fingerprint density at radius 1 is 1.04 bits per heavy atom. The molecule has 0 bridgehead atoms. The van der Waals surface area contributed by atoms with Crippen LogP contribution in [0.5, 0.6) is 11.5 Å². The van der Waals surface area contributed by atoms with Crippen LogP contribution in [-0.2, 0) is 6.54 Å². The molecule has 0 aliphatic carbocycles. The highest BCUT2D eigenvalue weighted by molar-refractivity contribution is 5.33. The molecule has 1 N–H and O–H groups in total. The summed E-state index contributed by atoms with van der Waals surface area (Å²) in [7, 11) is 2.14. The first-order valence-corrected chi connectivity index (χ1v) is 8.60. The molecule has 1 saturated heterocycles. The fourth-order valence-corrected chi connectivity index (χ4v) is 3.20. The summed E-state index contributed by atoms with van der Waals surface area (Å²) in [6.07, 6.45) is 0.837. The molecule has 1 heterocycles. The maximum absolute atomic E-state index is 9.23. The van der Waals surface area contributed by atoms with Crippen molar-refractivity contribution in [1.82, 2.24) is 9.80 Å². The minimum atomic E-state index is 0.253. The van der Waals surface area contributed by atoms with Gasteiger partial charge in [0.2, 0.25) is 0 Å². The van der Waals surface area contributed by atoms with E-state index in [9.17, 15) is 5.11 Å². The molecule has 4 nitrogen and oxygen atoms in total. The van der Waals surface area contributed by atoms with Gasteiger partial charge < -0.3 is 14.7 Å². The number of aliphatic hydroxyl groups excluding tert-OH is 1. The Morgan fingerprint density at radius 2 is 1.83 bits per heavy atom. The quantitative estimate of drug-likeness (QED) is 0.885. The van der Waals surface area contributed by atoms with Crippen LogP contribution in [0.1, 0.15) is 12.0 Å². The van der Waals surface area contributed by atoms with Gasteiger partial charge in [-0.3, -0.25) is 4.90 Å². The standard InChI is InChI=1S/C20H26N2O2/c1-21-11-12-22(16-18(21)10-13-23)15-17-6-5-9-20(14-17)24-19-7-3-2-4-8-19/h2-9,14,18,23H,10-13,15-16H2,1H3. The van der Waals surface area contributed by atoms with Crippen molar-refractivity contribution in [2.75, 3.05) is 33.3 Å². The maximum atomic E-state index is 9.23. The van der Waals surface area contributed by atoms with E-state index in [1.54, 1.807) is 0 Å². The van der Waals surface area contributed by atoms with Crippen LogP contribution in [0.25, 0.3) is 0 Å². The number of rotatable bonds is 6. The molecule has 1 aliphatic heterocycles. The Balaban J connectivity index is 1.62. The summed E-state index contributed by atoms with van der Waals surface area (Å²) >= 11 is 0. The average molecular weight is 326 g/mol. The summed E-state index contributed by atoms with van der Waals surface area (Å²) < 4.78 is 5.93. The van der Waals surface area contributed by atoms with Crippen LogP contribution in [0, 0.1) is 0 Å².